The lowest BCUT2D eigenvalue weighted by molar-refractivity contribution is -0.124. The van der Waals surface area contributed by atoms with Crippen LogP contribution in [-0.2, 0) is 27.5 Å². The minimum atomic E-state index is -0.739. The minimum Gasteiger partial charge on any atom is -0.445 e. The van der Waals surface area contributed by atoms with Crippen LogP contribution in [0.25, 0.3) is 0 Å². The zero-order valence-corrected chi connectivity index (χ0v) is 32.5. The number of alkyl carbamates (subject to hydrolysis) is 2. The molecule has 0 aliphatic carbocycles. The average molecular weight is 732 g/mol. The molecule has 53 heavy (non-hydrogen) atoms. The van der Waals surface area contributed by atoms with Crippen LogP contribution in [0.2, 0.25) is 0 Å². The Hall–Kier alpha value is -4.07. The number of nitrogens with one attached hydrogen (secondary N) is 3. The van der Waals surface area contributed by atoms with Gasteiger partial charge < -0.3 is 25.4 Å². The largest absolute Gasteiger partial charge is 0.445 e. The summed E-state index contributed by atoms with van der Waals surface area (Å²) in [6.07, 6.45) is 25.5. The van der Waals surface area contributed by atoms with E-state index in [0.29, 0.717) is 25.8 Å². The number of ether oxygens (including phenoxy) is 2. The fraction of sp³-hybridized carbons (Fsp3) is 0.578. The van der Waals surface area contributed by atoms with E-state index in [1.54, 1.807) is 0 Å². The van der Waals surface area contributed by atoms with E-state index in [0.717, 1.165) is 62.5 Å². The van der Waals surface area contributed by atoms with Crippen LogP contribution in [0.4, 0.5) is 9.59 Å². The van der Waals surface area contributed by atoms with E-state index in [1.807, 2.05) is 72.8 Å². The first-order valence-corrected chi connectivity index (χ1v) is 20.5. The molecular formula is C45H69N3O5. The summed E-state index contributed by atoms with van der Waals surface area (Å²) >= 11 is 0. The van der Waals surface area contributed by atoms with Gasteiger partial charge in [0.25, 0.3) is 0 Å². The van der Waals surface area contributed by atoms with Gasteiger partial charge in [-0.25, -0.2) is 9.59 Å². The number of allylic oxidation sites excluding steroid dienone is 2. The number of hydrogen-bond donors (Lipinski definition) is 3. The number of unbranched alkanes of at least 4 members (excludes halogenated alkanes) is 15. The zero-order chi connectivity index (χ0) is 38.0. The summed E-state index contributed by atoms with van der Waals surface area (Å²) in [7, 11) is 0. The van der Waals surface area contributed by atoms with Crippen molar-refractivity contribution in [3.05, 3.63) is 97.1 Å². The topological polar surface area (TPSA) is 106 Å². The molecule has 2 aromatic carbocycles. The molecule has 0 aliphatic heterocycles. The lowest BCUT2D eigenvalue weighted by Crippen LogP contribution is -2.49. The van der Waals surface area contributed by atoms with Crippen LogP contribution in [0.3, 0.4) is 0 Å². The first-order chi connectivity index (χ1) is 26.0. The normalized spacial score (nSPS) is 11.4. The summed E-state index contributed by atoms with van der Waals surface area (Å²) in [6.45, 7) is 8.37. The summed E-state index contributed by atoms with van der Waals surface area (Å²) in [5, 5.41) is 8.95. The smallest absolute Gasteiger partial charge is 0.408 e. The third-order valence-electron chi connectivity index (χ3n) is 9.49. The lowest BCUT2D eigenvalue weighted by Gasteiger charge is -2.24. The Kier molecular flexibility index (Phi) is 26.8. The lowest BCUT2D eigenvalue weighted by atomic mass is 9.99. The molecule has 2 aromatic rings. The average Bonchev–Trinajstić information content (AvgIpc) is 3.18. The summed E-state index contributed by atoms with van der Waals surface area (Å²) in [5.74, 6) is -0.175. The maximum absolute atomic E-state index is 13.8. The summed E-state index contributed by atoms with van der Waals surface area (Å²) in [5.41, 5.74) is 1.80. The number of carbonyl (C=O) groups excluding carboxylic acids is 3. The van der Waals surface area contributed by atoms with Gasteiger partial charge in [-0.15, -0.1) is 13.2 Å². The summed E-state index contributed by atoms with van der Waals surface area (Å²) in [4.78, 5) is 38.9. The minimum absolute atomic E-state index is 0.0633. The molecule has 0 aromatic heterocycles. The number of rotatable bonds is 32. The number of benzene rings is 2. The van der Waals surface area contributed by atoms with E-state index in [-0.39, 0.29) is 25.2 Å². The van der Waals surface area contributed by atoms with E-state index >= 15 is 0 Å². The van der Waals surface area contributed by atoms with Crippen molar-refractivity contribution in [1.29, 1.82) is 0 Å². The van der Waals surface area contributed by atoms with Gasteiger partial charge in [-0.2, -0.15) is 0 Å². The fourth-order valence-electron chi connectivity index (χ4n) is 6.33. The molecule has 0 unspecified atom stereocenters. The van der Waals surface area contributed by atoms with Crippen LogP contribution in [0.1, 0.15) is 146 Å². The highest BCUT2D eigenvalue weighted by Crippen LogP contribution is 2.16. The molecule has 0 heterocycles. The highest BCUT2D eigenvalue weighted by molar-refractivity contribution is 5.85. The van der Waals surface area contributed by atoms with Gasteiger partial charge in [0.2, 0.25) is 5.91 Å². The SMILES string of the molecule is C=CCCCCCCCCCC(CCCCCCCCCC=C)NC(=O)[C@H](CCCCNC(=O)OCc1ccccc1)NC(=O)OCc1ccccc1. The van der Waals surface area contributed by atoms with E-state index < -0.39 is 18.2 Å². The second kappa shape index (κ2) is 31.5. The molecule has 0 saturated heterocycles. The van der Waals surface area contributed by atoms with E-state index in [1.165, 1.54) is 64.2 Å². The first-order valence-electron chi connectivity index (χ1n) is 20.5. The van der Waals surface area contributed by atoms with E-state index in [9.17, 15) is 14.4 Å². The van der Waals surface area contributed by atoms with Crippen molar-refractivity contribution in [1.82, 2.24) is 16.0 Å². The molecule has 3 amide bonds. The Labute approximate surface area is 321 Å². The predicted octanol–water partition coefficient (Wildman–Crippen LogP) is 11.3. The Morgan fingerprint density at radius 3 is 1.45 bits per heavy atom. The van der Waals surface area contributed by atoms with Crippen molar-refractivity contribution >= 4 is 18.1 Å². The van der Waals surface area contributed by atoms with E-state index in [2.05, 4.69) is 29.1 Å². The van der Waals surface area contributed by atoms with Crippen LogP contribution in [-0.4, -0.2) is 36.7 Å². The standard InChI is InChI=1S/C45H69N3O5/c1-3-5-7-9-11-13-15-17-25-33-41(34-26-18-16-14-12-10-8-6-4-2)47-43(49)42(48-45(51)53-38-40-31-23-20-24-32-40)35-27-28-36-46-44(50)52-37-39-29-21-19-22-30-39/h3-4,19-24,29-32,41-42H,1-2,5-18,25-28,33-38H2,(H,46,50)(H,47,49)(H,48,51)/t42-/m0/s1. The van der Waals surface area contributed by atoms with Crippen molar-refractivity contribution in [3.63, 3.8) is 0 Å². The Morgan fingerprint density at radius 1 is 0.528 bits per heavy atom. The monoisotopic (exact) mass is 732 g/mol. The second-order valence-corrected chi connectivity index (χ2v) is 14.1. The zero-order valence-electron chi connectivity index (χ0n) is 32.5. The summed E-state index contributed by atoms with van der Waals surface area (Å²) in [6, 6.07) is 18.4. The van der Waals surface area contributed by atoms with Gasteiger partial charge in [0.05, 0.1) is 0 Å². The third kappa shape index (κ3) is 24.7. The molecule has 0 saturated carbocycles. The maximum Gasteiger partial charge on any atom is 0.408 e. The third-order valence-corrected chi connectivity index (χ3v) is 9.49. The van der Waals surface area contributed by atoms with Gasteiger partial charge in [-0.05, 0) is 68.9 Å². The molecule has 0 fully saturated rings. The number of hydrogen-bond acceptors (Lipinski definition) is 5. The van der Waals surface area contributed by atoms with Crippen molar-refractivity contribution in [2.75, 3.05) is 6.54 Å². The van der Waals surface area contributed by atoms with Gasteiger partial charge in [-0.1, -0.05) is 150 Å². The van der Waals surface area contributed by atoms with Crippen molar-refractivity contribution < 1.29 is 23.9 Å². The first kappa shape index (κ1) is 45.1. The Balaban J connectivity index is 1.90. The van der Waals surface area contributed by atoms with Crippen LogP contribution in [0.5, 0.6) is 0 Å². The summed E-state index contributed by atoms with van der Waals surface area (Å²) < 4.78 is 10.8. The Bertz CT molecular complexity index is 1210. The molecule has 8 nitrogen and oxygen atoms in total. The van der Waals surface area contributed by atoms with Crippen LogP contribution in [0.15, 0.2) is 86.0 Å². The molecule has 0 spiro atoms. The molecule has 3 N–H and O–H groups in total. The van der Waals surface area contributed by atoms with Crippen LogP contribution in [0, 0.1) is 0 Å². The van der Waals surface area contributed by atoms with Crippen molar-refractivity contribution in [2.45, 2.75) is 160 Å². The molecule has 0 aliphatic rings. The predicted molar refractivity (Wildman–Crippen MR) is 217 cm³/mol. The Morgan fingerprint density at radius 2 is 0.962 bits per heavy atom. The van der Waals surface area contributed by atoms with Gasteiger partial charge >= 0.3 is 12.2 Å². The van der Waals surface area contributed by atoms with Crippen LogP contribution >= 0.6 is 0 Å². The molecule has 0 bridgehead atoms. The van der Waals surface area contributed by atoms with Gasteiger partial charge in [0, 0.05) is 12.6 Å². The van der Waals surface area contributed by atoms with E-state index in [4.69, 9.17) is 9.47 Å². The highest BCUT2D eigenvalue weighted by atomic mass is 16.6. The molecule has 0 radical (unpaired) electrons. The number of carbonyl (C=O) groups is 3. The quantitative estimate of drug-likeness (QED) is 0.0513. The van der Waals surface area contributed by atoms with Gasteiger partial charge in [0.1, 0.15) is 19.3 Å². The van der Waals surface area contributed by atoms with Gasteiger partial charge in [0.15, 0.2) is 0 Å². The molecule has 2 rings (SSSR count). The number of amides is 3. The maximum atomic E-state index is 13.8. The highest BCUT2D eigenvalue weighted by Gasteiger charge is 2.24. The molecule has 294 valence electrons. The fourth-order valence-corrected chi connectivity index (χ4v) is 6.33. The molecule has 1 atom stereocenters. The van der Waals surface area contributed by atoms with Crippen LogP contribution < -0.4 is 16.0 Å². The van der Waals surface area contributed by atoms with Crippen molar-refractivity contribution in [3.8, 4) is 0 Å². The second-order valence-electron chi connectivity index (χ2n) is 14.1. The van der Waals surface area contributed by atoms with Crippen molar-refractivity contribution in [2.24, 2.45) is 0 Å². The van der Waals surface area contributed by atoms with Gasteiger partial charge in [-0.3, -0.25) is 4.79 Å². The molecule has 8 heteroatoms. The molecular weight excluding hydrogens is 663 g/mol.